The lowest BCUT2D eigenvalue weighted by molar-refractivity contribution is 0.390. The number of nitrogens with zero attached hydrogens (tertiary/aromatic N) is 1. The molecule has 0 aromatic carbocycles. The lowest BCUT2D eigenvalue weighted by Crippen LogP contribution is -2.46. The van der Waals surface area contributed by atoms with Crippen molar-refractivity contribution in [3.8, 4) is 0 Å². The van der Waals surface area contributed by atoms with Gasteiger partial charge in [0.2, 0.25) is 0 Å². The molecule has 0 heterocycles. The van der Waals surface area contributed by atoms with Crippen LogP contribution in [0.1, 0.15) is 46.0 Å². The summed E-state index contributed by atoms with van der Waals surface area (Å²) in [4.78, 5) is 1.94. The highest BCUT2D eigenvalue weighted by atomic mass is 35.5. The first kappa shape index (κ1) is 18.4. The van der Waals surface area contributed by atoms with Crippen LogP contribution in [0.4, 0.5) is 0 Å². The highest BCUT2D eigenvalue weighted by molar-refractivity contribution is 5.94. The average Bonchev–Trinajstić information content (AvgIpc) is 2.21. The SMILES string of the molecule is CCCCCCN(CCC)C(=N)NC(=N)N.Cl. The largest absolute Gasteiger partial charge is 0.370 e. The summed E-state index contributed by atoms with van der Waals surface area (Å²) in [5, 5.41) is 17.4. The molecule has 0 aliphatic heterocycles. The molecule has 5 nitrogen and oxygen atoms in total. The molecule has 0 aromatic rings. The summed E-state index contributed by atoms with van der Waals surface area (Å²) in [5.41, 5.74) is 5.21. The molecule has 0 bridgehead atoms. The van der Waals surface area contributed by atoms with Gasteiger partial charge < -0.3 is 10.6 Å². The predicted octanol–water partition coefficient (Wildman–Crippen LogP) is 2.12. The summed E-state index contributed by atoms with van der Waals surface area (Å²) in [6.07, 6.45) is 5.75. The second-order valence-electron chi connectivity index (χ2n) is 3.93. The molecule has 0 saturated carbocycles. The molecule has 0 aliphatic carbocycles. The molecule has 0 rings (SSSR count). The van der Waals surface area contributed by atoms with Gasteiger partial charge in [-0.2, -0.15) is 0 Å². The number of hydrogen-bond donors (Lipinski definition) is 4. The maximum absolute atomic E-state index is 7.75. The van der Waals surface area contributed by atoms with Crippen LogP contribution < -0.4 is 11.1 Å². The lowest BCUT2D eigenvalue weighted by Gasteiger charge is -2.24. The fraction of sp³-hybridized carbons (Fsp3) is 0.818. The number of guanidine groups is 2. The number of unbranched alkanes of at least 4 members (excludes halogenated alkanes) is 3. The summed E-state index contributed by atoms with van der Waals surface area (Å²) in [5.74, 6) is 0.0745. The Morgan fingerprint density at radius 3 is 2.18 bits per heavy atom. The molecule has 0 aromatic heterocycles. The molecule has 17 heavy (non-hydrogen) atoms. The van der Waals surface area contributed by atoms with Crippen LogP contribution in [0.5, 0.6) is 0 Å². The third kappa shape index (κ3) is 9.93. The molecule has 102 valence electrons. The van der Waals surface area contributed by atoms with Crippen LogP contribution in [-0.2, 0) is 0 Å². The smallest absolute Gasteiger partial charge is 0.197 e. The summed E-state index contributed by atoms with van der Waals surface area (Å²) in [7, 11) is 0. The van der Waals surface area contributed by atoms with Gasteiger partial charge in [0.25, 0.3) is 0 Å². The zero-order valence-corrected chi connectivity index (χ0v) is 11.7. The van der Waals surface area contributed by atoms with Gasteiger partial charge in [-0.1, -0.05) is 33.1 Å². The van der Waals surface area contributed by atoms with E-state index in [-0.39, 0.29) is 24.3 Å². The van der Waals surface area contributed by atoms with Gasteiger partial charge in [-0.3, -0.25) is 16.1 Å². The molecule has 0 unspecified atom stereocenters. The van der Waals surface area contributed by atoms with E-state index in [1.807, 2.05) is 4.90 Å². The van der Waals surface area contributed by atoms with E-state index in [1.54, 1.807) is 0 Å². The Labute approximate surface area is 111 Å². The summed E-state index contributed by atoms with van der Waals surface area (Å²) in [6, 6.07) is 0. The summed E-state index contributed by atoms with van der Waals surface area (Å²) in [6.45, 7) is 5.97. The van der Waals surface area contributed by atoms with Crippen LogP contribution in [0, 0.1) is 10.8 Å². The van der Waals surface area contributed by atoms with Crippen molar-refractivity contribution in [1.29, 1.82) is 10.8 Å². The van der Waals surface area contributed by atoms with Crippen LogP contribution in [-0.4, -0.2) is 29.9 Å². The number of nitrogens with two attached hydrogens (primary N) is 1. The van der Waals surface area contributed by atoms with E-state index in [0.29, 0.717) is 0 Å². The monoisotopic (exact) mass is 263 g/mol. The zero-order chi connectivity index (χ0) is 12.4. The second kappa shape index (κ2) is 11.5. The second-order valence-corrected chi connectivity index (χ2v) is 3.93. The Balaban J connectivity index is 0. The first-order valence-electron chi connectivity index (χ1n) is 6.06. The maximum atomic E-state index is 7.75. The Morgan fingerprint density at radius 2 is 1.71 bits per heavy atom. The van der Waals surface area contributed by atoms with Gasteiger partial charge in [0.05, 0.1) is 0 Å². The van der Waals surface area contributed by atoms with Crippen molar-refractivity contribution in [2.24, 2.45) is 5.73 Å². The highest BCUT2D eigenvalue weighted by Gasteiger charge is 2.08. The fourth-order valence-electron chi connectivity index (χ4n) is 1.54. The Bertz CT molecular complexity index is 220. The van der Waals surface area contributed by atoms with E-state index in [0.717, 1.165) is 25.9 Å². The first-order chi connectivity index (χ1) is 7.61. The van der Waals surface area contributed by atoms with E-state index in [4.69, 9.17) is 16.6 Å². The molecule has 0 aliphatic rings. The van der Waals surface area contributed by atoms with Crippen molar-refractivity contribution in [1.82, 2.24) is 10.2 Å². The van der Waals surface area contributed by atoms with Crippen LogP contribution in [0.15, 0.2) is 0 Å². The maximum Gasteiger partial charge on any atom is 0.197 e. The number of nitrogens with one attached hydrogen (secondary N) is 3. The van der Waals surface area contributed by atoms with Gasteiger partial charge in [-0.15, -0.1) is 12.4 Å². The van der Waals surface area contributed by atoms with Crippen LogP contribution >= 0.6 is 12.4 Å². The third-order valence-corrected chi connectivity index (χ3v) is 2.34. The molecule has 6 heteroatoms. The first-order valence-corrected chi connectivity index (χ1v) is 6.06. The normalized spacial score (nSPS) is 9.29. The minimum atomic E-state index is -0.167. The van der Waals surface area contributed by atoms with Crippen molar-refractivity contribution < 1.29 is 0 Å². The van der Waals surface area contributed by atoms with Crippen molar-refractivity contribution in [2.45, 2.75) is 46.0 Å². The Kier molecular flexibility index (Phi) is 12.5. The van der Waals surface area contributed by atoms with Crippen LogP contribution in [0.25, 0.3) is 0 Å². The van der Waals surface area contributed by atoms with E-state index in [2.05, 4.69) is 19.2 Å². The van der Waals surface area contributed by atoms with Crippen LogP contribution in [0.2, 0.25) is 0 Å². The number of hydrogen-bond acceptors (Lipinski definition) is 2. The highest BCUT2D eigenvalue weighted by Crippen LogP contribution is 2.02. The molecule has 0 saturated heterocycles. The molecular weight excluding hydrogens is 238 g/mol. The predicted molar refractivity (Wildman–Crippen MR) is 76.0 cm³/mol. The van der Waals surface area contributed by atoms with E-state index in [9.17, 15) is 0 Å². The standard InChI is InChI=1S/C11H25N5.ClH/c1-3-5-6-7-9-16(8-4-2)11(14)15-10(12)13;/h3-9H2,1-2H3,(H5,12,13,14,15);1H. The molecule has 0 spiro atoms. The van der Waals surface area contributed by atoms with Gasteiger partial charge >= 0.3 is 0 Å². The summed E-state index contributed by atoms with van der Waals surface area (Å²) < 4.78 is 0. The number of halogens is 1. The Hall–Kier alpha value is -0.970. The van der Waals surface area contributed by atoms with Crippen molar-refractivity contribution >= 4 is 24.3 Å². The zero-order valence-electron chi connectivity index (χ0n) is 10.9. The van der Waals surface area contributed by atoms with E-state index in [1.165, 1.54) is 19.3 Å². The van der Waals surface area contributed by atoms with Crippen molar-refractivity contribution in [3.05, 3.63) is 0 Å². The molecule has 0 fully saturated rings. The number of rotatable bonds is 7. The quantitative estimate of drug-likeness (QED) is 0.322. The lowest BCUT2D eigenvalue weighted by atomic mass is 10.2. The van der Waals surface area contributed by atoms with Crippen LogP contribution in [0.3, 0.4) is 0 Å². The molecule has 0 atom stereocenters. The van der Waals surface area contributed by atoms with Gasteiger partial charge in [0, 0.05) is 13.1 Å². The van der Waals surface area contributed by atoms with Gasteiger partial charge in [0.15, 0.2) is 11.9 Å². The molecule has 0 amide bonds. The third-order valence-electron chi connectivity index (χ3n) is 2.34. The van der Waals surface area contributed by atoms with Crippen molar-refractivity contribution in [3.63, 3.8) is 0 Å². The molecular formula is C11H26ClN5. The molecule has 0 radical (unpaired) electrons. The topological polar surface area (TPSA) is 89.0 Å². The molecule has 5 N–H and O–H groups in total. The minimum Gasteiger partial charge on any atom is -0.370 e. The van der Waals surface area contributed by atoms with Gasteiger partial charge in [0.1, 0.15) is 0 Å². The van der Waals surface area contributed by atoms with Gasteiger partial charge in [-0.25, -0.2) is 0 Å². The fourth-order valence-corrected chi connectivity index (χ4v) is 1.54. The van der Waals surface area contributed by atoms with Gasteiger partial charge in [-0.05, 0) is 12.8 Å². The Morgan fingerprint density at radius 1 is 1.06 bits per heavy atom. The average molecular weight is 264 g/mol. The van der Waals surface area contributed by atoms with Crippen molar-refractivity contribution in [2.75, 3.05) is 13.1 Å². The summed E-state index contributed by atoms with van der Waals surface area (Å²) >= 11 is 0. The minimum absolute atomic E-state index is 0. The van der Waals surface area contributed by atoms with E-state index >= 15 is 0 Å². The van der Waals surface area contributed by atoms with E-state index < -0.39 is 0 Å².